The van der Waals surface area contributed by atoms with Gasteiger partial charge in [-0.15, -0.1) is 11.8 Å². The molecule has 0 fully saturated rings. The van der Waals surface area contributed by atoms with Crippen molar-refractivity contribution in [2.75, 3.05) is 16.9 Å². The minimum Gasteiger partial charge on any atom is -0.462 e. The molecule has 1 spiro atoms. The van der Waals surface area contributed by atoms with E-state index in [1.165, 1.54) is 27.9 Å². The van der Waals surface area contributed by atoms with Gasteiger partial charge in [-0.05, 0) is 72.7 Å². The number of nitrogens with two attached hydrogens (primary N) is 1. The number of rotatable bonds is 4. The third kappa shape index (κ3) is 3.43. The Morgan fingerprint density at radius 2 is 1.56 bits per heavy atom. The number of para-hydroxylation sites is 1. The van der Waals surface area contributed by atoms with Crippen molar-refractivity contribution < 1.29 is 4.74 Å². The van der Waals surface area contributed by atoms with Gasteiger partial charge in [0.05, 0.1) is 10.3 Å². The standard InChI is InChI=1S/C32H30N2OS/c1-31(2)27-11-7-8-12-28(27)34(21-22-13-15-24(16-14-22)23-9-5-4-6-10-23)32(31)18-17-25-19-26(33)20-29(36-3)30(25)35-32/h4-20H,21,33H2,1-3H3. The Hall–Kier alpha value is -3.63. The molecule has 0 aromatic heterocycles. The lowest BCUT2D eigenvalue weighted by Gasteiger charge is -2.47. The van der Waals surface area contributed by atoms with E-state index >= 15 is 0 Å². The second-order valence-electron chi connectivity index (χ2n) is 10.1. The zero-order valence-corrected chi connectivity index (χ0v) is 21.7. The third-order valence-corrected chi connectivity index (χ3v) is 8.38. The van der Waals surface area contributed by atoms with Crippen molar-refractivity contribution in [2.45, 2.75) is 36.4 Å². The first kappa shape index (κ1) is 22.8. The summed E-state index contributed by atoms with van der Waals surface area (Å²) >= 11 is 1.67. The molecule has 4 heteroatoms. The highest BCUT2D eigenvalue weighted by molar-refractivity contribution is 7.98. The zero-order chi connectivity index (χ0) is 24.9. The highest BCUT2D eigenvalue weighted by Crippen LogP contribution is 2.56. The lowest BCUT2D eigenvalue weighted by Crippen LogP contribution is -2.59. The molecule has 3 nitrogen and oxygen atoms in total. The van der Waals surface area contributed by atoms with Gasteiger partial charge in [0.2, 0.25) is 5.72 Å². The maximum atomic E-state index is 7.10. The Labute approximate surface area is 217 Å². The van der Waals surface area contributed by atoms with Crippen molar-refractivity contribution in [3.8, 4) is 16.9 Å². The third-order valence-electron chi connectivity index (χ3n) is 7.64. The van der Waals surface area contributed by atoms with Crippen molar-refractivity contribution in [1.29, 1.82) is 0 Å². The normalized spacial score (nSPS) is 19.1. The van der Waals surface area contributed by atoms with Crippen molar-refractivity contribution in [2.24, 2.45) is 0 Å². The molecule has 2 aliphatic rings. The molecule has 1 atom stereocenters. The molecule has 0 aliphatic carbocycles. The molecular formula is C32H30N2OS. The largest absolute Gasteiger partial charge is 0.462 e. The number of nitrogen functional groups attached to an aromatic ring is 1. The fourth-order valence-corrected chi connectivity index (χ4v) is 6.27. The summed E-state index contributed by atoms with van der Waals surface area (Å²) in [6, 6.07) is 32.1. The second-order valence-corrected chi connectivity index (χ2v) is 10.9. The van der Waals surface area contributed by atoms with Crippen molar-refractivity contribution >= 4 is 29.2 Å². The molecule has 2 heterocycles. The summed E-state index contributed by atoms with van der Waals surface area (Å²) < 4.78 is 7.10. The fourth-order valence-electron chi connectivity index (χ4n) is 5.67. The fraction of sp³-hybridized carbons (Fsp3) is 0.188. The maximum Gasteiger partial charge on any atom is 0.212 e. The number of ether oxygens (including phenoxy) is 1. The van der Waals surface area contributed by atoms with Crippen LogP contribution >= 0.6 is 11.8 Å². The van der Waals surface area contributed by atoms with Gasteiger partial charge in [-0.25, -0.2) is 0 Å². The first-order valence-corrected chi connectivity index (χ1v) is 13.5. The van der Waals surface area contributed by atoms with Gasteiger partial charge < -0.3 is 15.4 Å². The Balaban J connectivity index is 1.44. The molecule has 0 bridgehead atoms. The first-order chi connectivity index (χ1) is 17.4. The lowest BCUT2D eigenvalue weighted by atomic mass is 9.76. The minimum absolute atomic E-state index is 0.279. The summed E-state index contributed by atoms with van der Waals surface area (Å²) in [5.74, 6) is 0.907. The zero-order valence-electron chi connectivity index (χ0n) is 20.9. The molecule has 1 unspecified atom stereocenters. The highest BCUT2D eigenvalue weighted by Gasteiger charge is 2.58. The van der Waals surface area contributed by atoms with Gasteiger partial charge in [0.25, 0.3) is 0 Å². The second kappa shape index (κ2) is 8.49. The van der Waals surface area contributed by atoms with E-state index < -0.39 is 5.72 Å². The minimum atomic E-state index is -0.664. The van der Waals surface area contributed by atoms with E-state index in [2.05, 4.69) is 116 Å². The van der Waals surface area contributed by atoms with Gasteiger partial charge in [0, 0.05) is 23.5 Å². The molecule has 4 aromatic rings. The SMILES string of the molecule is CSc1cc(N)cc2c1OC1(C=C2)N(Cc2ccc(-c3ccccc3)cc2)c2ccccc2C1(C)C. The van der Waals surface area contributed by atoms with Crippen LogP contribution in [0.4, 0.5) is 11.4 Å². The van der Waals surface area contributed by atoms with Crippen LogP contribution in [0.3, 0.4) is 0 Å². The average molecular weight is 491 g/mol. The Kier molecular flexibility index (Phi) is 5.38. The molecule has 0 saturated heterocycles. The van der Waals surface area contributed by atoms with Crippen LogP contribution in [-0.2, 0) is 12.0 Å². The van der Waals surface area contributed by atoms with Crippen LogP contribution in [0.5, 0.6) is 5.75 Å². The summed E-state index contributed by atoms with van der Waals surface area (Å²) in [7, 11) is 0. The molecule has 6 rings (SSSR count). The van der Waals surface area contributed by atoms with E-state index in [1.807, 2.05) is 12.1 Å². The van der Waals surface area contributed by atoms with E-state index in [1.54, 1.807) is 11.8 Å². The molecule has 0 radical (unpaired) electrons. The maximum absolute atomic E-state index is 7.10. The van der Waals surface area contributed by atoms with Crippen LogP contribution < -0.4 is 15.4 Å². The van der Waals surface area contributed by atoms with E-state index in [4.69, 9.17) is 10.5 Å². The number of thioether (sulfide) groups is 1. The van der Waals surface area contributed by atoms with Crippen molar-refractivity contribution in [3.63, 3.8) is 0 Å². The molecule has 2 N–H and O–H groups in total. The monoisotopic (exact) mass is 490 g/mol. The summed E-state index contributed by atoms with van der Waals surface area (Å²) in [6.07, 6.45) is 6.50. The van der Waals surface area contributed by atoms with Crippen LogP contribution in [0.15, 0.2) is 102 Å². The quantitative estimate of drug-likeness (QED) is 0.234. The molecule has 2 aliphatic heterocycles. The van der Waals surface area contributed by atoms with Crippen LogP contribution in [0.2, 0.25) is 0 Å². The van der Waals surface area contributed by atoms with Crippen LogP contribution in [0.1, 0.15) is 30.5 Å². The van der Waals surface area contributed by atoms with E-state index in [-0.39, 0.29) is 5.41 Å². The van der Waals surface area contributed by atoms with E-state index in [9.17, 15) is 0 Å². The smallest absolute Gasteiger partial charge is 0.212 e. The van der Waals surface area contributed by atoms with Crippen LogP contribution in [0.25, 0.3) is 17.2 Å². The molecule has 36 heavy (non-hydrogen) atoms. The van der Waals surface area contributed by atoms with Gasteiger partial charge >= 0.3 is 0 Å². The molecule has 0 amide bonds. The number of fused-ring (bicyclic) bond motifs is 2. The number of hydrogen-bond acceptors (Lipinski definition) is 4. The predicted octanol–water partition coefficient (Wildman–Crippen LogP) is 7.76. The highest BCUT2D eigenvalue weighted by atomic mass is 32.2. The summed E-state index contributed by atoms with van der Waals surface area (Å²) in [5.41, 5.74) is 13.2. The van der Waals surface area contributed by atoms with E-state index in [0.717, 1.165) is 28.4 Å². The number of benzene rings is 4. The predicted molar refractivity (Wildman–Crippen MR) is 153 cm³/mol. The number of hydrogen-bond donors (Lipinski definition) is 1. The van der Waals surface area contributed by atoms with Gasteiger partial charge in [0.1, 0.15) is 5.75 Å². The first-order valence-electron chi connectivity index (χ1n) is 12.3. The van der Waals surface area contributed by atoms with Crippen LogP contribution in [-0.4, -0.2) is 12.0 Å². The van der Waals surface area contributed by atoms with E-state index in [0.29, 0.717) is 0 Å². The number of anilines is 2. The van der Waals surface area contributed by atoms with Gasteiger partial charge in [-0.1, -0.05) is 72.8 Å². The van der Waals surface area contributed by atoms with Gasteiger partial charge in [-0.3, -0.25) is 0 Å². The number of nitrogens with zero attached hydrogens (tertiary/aromatic N) is 1. The Morgan fingerprint density at radius 1 is 0.861 bits per heavy atom. The average Bonchev–Trinajstić information content (AvgIpc) is 3.08. The molecule has 4 aromatic carbocycles. The summed E-state index contributed by atoms with van der Waals surface area (Å²) in [6.45, 7) is 5.31. The lowest BCUT2D eigenvalue weighted by molar-refractivity contribution is 0.0493. The van der Waals surface area contributed by atoms with Gasteiger partial charge in [-0.2, -0.15) is 0 Å². The Morgan fingerprint density at radius 3 is 2.31 bits per heavy atom. The van der Waals surface area contributed by atoms with Crippen molar-refractivity contribution in [1.82, 2.24) is 0 Å². The summed E-state index contributed by atoms with van der Waals surface area (Å²) in [5, 5.41) is 0. The van der Waals surface area contributed by atoms with Crippen molar-refractivity contribution in [3.05, 3.63) is 114 Å². The Bertz CT molecular complexity index is 1460. The summed E-state index contributed by atoms with van der Waals surface area (Å²) in [4.78, 5) is 3.49. The molecule has 0 saturated carbocycles. The molecule has 180 valence electrons. The topological polar surface area (TPSA) is 38.5 Å². The van der Waals surface area contributed by atoms with Crippen LogP contribution in [0, 0.1) is 0 Å². The molecular weight excluding hydrogens is 460 g/mol. The van der Waals surface area contributed by atoms with Gasteiger partial charge in [0.15, 0.2) is 0 Å².